The Kier molecular flexibility index (Phi) is 4.51. The molecule has 1 heterocycles. The molecule has 0 aromatic heterocycles. The average molecular weight is 293 g/mol. The number of nitrogens with one attached hydrogen (secondary N) is 1. The SMILES string of the molecule is O=C(Cc1ccc(F)cc1)N[C@@H]1CC[C@H]2OCCO[C@H]2C1. The number of carbonyl (C=O) groups excluding carboxylic acids is 1. The minimum atomic E-state index is -0.285. The minimum Gasteiger partial charge on any atom is -0.373 e. The summed E-state index contributed by atoms with van der Waals surface area (Å²) in [5.74, 6) is -0.311. The van der Waals surface area contributed by atoms with E-state index in [2.05, 4.69) is 5.32 Å². The lowest BCUT2D eigenvalue weighted by molar-refractivity contribution is -0.158. The van der Waals surface area contributed by atoms with Gasteiger partial charge in [-0.2, -0.15) is 0 Å². The summed E-state index contributed by atoms with van der Waals surface area (Å²) < 4.78 is 24.2. The third kappa shape index (κ3) is 3.80. The van der Waals surface area contributed by atoms with Crippen LogP contribution in [-0.4, -0.2) is 37.4 Å². The second-order valence-electron chi connectivity index (χ2n) is 5.70. The molecule has 1 aliphatic carbocycles. The fourth-order valence-electron chi connectivity index (χ4n) is 3.06. The van der Waals surface area contributed by atoms with E-state index in [9.17, 15) is 9.18 Å². The van der Waals surface area contributed by atoms with E-state index in [1.807, 2.05) is 0 Å². The first-order valence-electron chi connectivity index (χ1n) is 7.48. The molecule has 5 heteroatoms. The first kappa shape index (κ1) is 14.5. The standard InChI is InChI=1S/C16H20FNO3/c17-12-3-1-11(2-4-12)9-16(19)18-13-5-6-14-15(10-13)21-8-7-20-14/h1-4,13-15H,5-10H2,(H,18,19)/t13-,14-,15+/m1/s1. The molecule has 1 saturated heterocycles. The Morgan fingerprint density at radius 3 is 2.62 bits per heavy atom. The maximum atomic E-state index is 12.8. The first-order chi connectivity index (χ1) is 10.2. The van der Waals surface area contributed by atoms with Gasteiger partial charge in [-0.05, 0) is 37.0 Å². The summed E-state index contributed by atoms with van der Waals surface area (Å²) in [7, 11) is 0. The maximum Gasteiger partial charge on any atom is 0.224 e. The van der Waals surface area contributed by atoms with Crippen molar-refractivity contribution in [1.82, 2.24) is 5.32 Å². The van der Waals surface area contributed by atoms with Crippen LogP contribution in [0.5, 0.6) is 0 Å². The Morgan fingerprint density at radius 2 is 1.86 bits per heavy atom. The number of rotatable bonds is 3. The van der Waals surface area contributed by atoms with Gasteiger partial charge in [0.2, 0.25) is 5.91 Å². The van der Waals surface area contributed by atoms with Gasteiger partial charge in [0.05, 0.1) is 31.8 Å². The summed E-state index contributed by atoms with van der Waals surface area (Å²) in [6.07, 6.45) is 3.21. The molecule has 2 aliphatic rings. The van der Waals surface area contributed by atoms with Gasteiger partial charge in [-0.3, -0.25) is 4.79 Å². The predicted octanol–water partition coefficient (Wildman–Crippen LogP) is 1.82. The largest absolute Gasteiger partial charge is 0.373 e. The summed E-state index contributed by atoms with van der Waals surface area (Å²) >= 11 is 0. The van der Waals surface area contributed by atoms with Crippen LogP contribution in [0.2, 0.25) is 0 Å². The first-order valence-corrected chi connectivity index (χ1v) is 7.48. The lowest BCUT2D eigenvalue weighted by Crippen LogP contribution is -2.49. The molecule has 0 spiro atoms. The Balaban J connectivity index is 1.49. The Morgan fingerprint density at radius 1 is 1.14 bits per heavy atom. The van der Waals surface area contributed by atoms with Gasteiger partial charge in [-0.1, -0.05) is 12.1 Å². The molecular formula is C16H20FNO3. The molecule has 1 aliphatic heterocycles. The molecule has 3 rings (SSSR count). The zero-order valence-electron chi connectivity index (χ0n) is 11.9. The van der Waals surface area contributed by atoms with E-state index in [4.69, 9.17) is 9.47 Å². The number of hydrogen-bond acceptors (Lipinski definition) is 3. The molecule has 0 unspecified atom stereocenters. The second-order valence-corrected chi connectivity index (χ2v) is 5.70. The summed E-state index contributed by atoms with van der Waals surface area (Å²) in [6.45, 7) is 1.31. The molecule has 4 nitrogen and oxygen atoms in total. The molecule has 2 fully saturated rings. The third-order valence-corrected chi connectivity index (χ3v) is 4.12. The Bertz CT molecular complexity index is 491. The molecule has 1 aromatic carbocycles. The van der Waals surface area contributed by atoms with Crippen LogP contribution in [0.4, 0.5) is 4.39 Å². The van der Waals surface area contributed by atoms with Gasteiger partial charge in [0, 0.05) is 6.04 Å². The summed E-state index contributed by atoms with van der Waals surface area (Å²) in [5.41, 5.74) is 0.819. The number of halogens is 1. The van der Waals surface area contributed by atoms with Crippen molar-refractivity contribution in [3.8, 4) is 0 Å². The van der Waals surface area contributed by atoms with E-state index in [1.165, 1.54) is 12.1 Å². The average Bonchev–Trinajstić information content (AvgIpc) is 2.49. The number of carbonyl (C=O) groups is 1. The van der Waals surface area contributed by atoms with Gasteiger partial charge < -0.3 is 14.8 Å². The molecule has 114 valence electrons. The lowest BCUT2D eigenvalue weighted by Gasteiger charge is -2.39. The van der Waals surface area contributed by atoms with Crippen LogP contribution in [0.15, 0.2) is 24.3 Å². The topological polar surface area (TPSA) is 47.6 Å². The van der Waals surface area contributed by atoms with Crippen molar-refractivity contribution >= 4 is 5.91 Å². The zero-order valence-corrected chi connectivity index (χ0v) is 11.9. The van der Waals surface area contributed by atoms with Crippen molar-refractivity contribution in [2.45, 2.75) is 43.9 Å². The highest BCUT2D eigenvalue weighted by molar-refractivity contribution is 5.78. The highest BCUT2D eigenvalue weighted by atomic mass is 19.1. The van der Waals surface area contributed by atoms with E-state index in [0.717, 1.165) is 24.8 Å². The minimum absolute atomic E-state index is 0.0261. The van der Waals surface area contributed by atoms with Gasteiger partial charge in [-0.25, -0.2) is 4.39 Å². The normalized spacial score (nSPS) is 28.7. The molecule has 0 radical (unpaired) electrons. The highest BCUT2D eigenvalue weighted by Gasteiger charge is 2.34. The number of amides is 1. The monoisotopic (exact) mass is 293 g/mol. The lowest BCUT2D eigenvalue weighted by atomic mass is 9.89. The van der Waals surface area contributed by atoms with Gasteiger partial charge in [0.25, 0.3) is 0 Å². The molecule has 1 saturated carbocycles. The van der Waals surface area contributed by atoms with Crippen LogP contribution in [0.1, 0.15) is 24.8 Å². The summed E-state index contributed by atoms with van der Waals surface area (Å²) in [4.78, 5) is 12.0. The van der Waals surface area contributed by atoms with Crippen molar-refractivity contribution in [2.24, 2.45) is 0 Å². The molecule has 3 atom stereocenters. The smallest absolute Gasteiger partial charge is 0.224 e. The number of hydrogen-bond donors (Lipinski definition) is 1. The molecular weight excluding hydrogens is 273 g/mol. The van der Waals surface area contributed by atoms with Crippen LogP contribution in [-0.2, 0) is 20.7 Å². The van der Waals surface area contributed by atoms with Gasteiger partial charge in [0.15, 0.2) is 0 Å². The number of ether oxygens (including phenoxy) is 2. The van der Waals surface area contributed by atoms with E-state index in [-0.39, 0.29) is 36.4 Å². The van der Waals surface area contributed by atoms with Crippen LogP contribution < -0.4 is 5.32 Å². The van der Waals surface area contributed by atoms with Crippen molar-refractivity contribution in [3.63, 3.8) is 0 Å². The van der Waals surface area contributed by atoms with Crippen molar-refractivity contribution in [2.75, 3.05) is 13.2 Å². The van der Waals surface area contributed by atoms with E-state index in [1.54, 1.807) is 12.1 Å². The third-order valence-electron chi connectivity index (χ3n) is 4.12. The van der Waals surface area contributed by atoms with Crippen molar-refractivity contribution in [1.29, 1.82) is 0 Å². The highest BCUT2D eigenvalue weighted by Crippen LogP contribution is 2.26. The van der Waals surface area contributed by atoms with Crippen molar-refractivity contribution in [3.05, 3.63) is 35.6 Å². The quantitative estimate of drug-likeness (QED) is 0.925. The fourth-order valence-corrected chi connectivity index (χ4v) is 3.06. The molecule has 21 heavy (non-hydrogen) atoms. The maximum absolute atomic E-state index is 12.8. The molecule has 0 bridgehead atoms. The number of fused-ring (bicyclic) bond motifs is 1. The second kappa shape index (κ2) is 6.54. The van der Waals surface area contributed by atoms with E-state index in [0.29, 0.717) is 13.2 Å². The summed E-state index contributed by atoms with van der Waals surface area (Å²) in [5, 5.41) is 3.05. The van der Waals surface area contributed by atoms with Crippen molar-refractivity contribution < 1.29 is 18.7 Å². The van der Waals surface area contributed by atoms with Crippen LogP contribution >= 0.6 is 0 Å². The molecule has 1 N–H and O–H groups in total. The van der Waals surface area contributed by atoms with Gasteiger partial charge in [0.1, 0.15) is 5.82 Å². The van der Waals surface area contributed by atoms with Gasteiger partial charge in [-0.15, -0.1) is 0 Å². The van der Waals surface area contributed by atoms with Crippen LogP contribution in [0, 0.1) is 5.82 Å². The predicted molar refractivity (Wildman–Crippen MR) is 75.4 cm³/mol. The van der Waals surface area contributed by atoms with E-state index < -0.39 is 0 Å². The molecule has 1 amide bonds. The zero-order chi connectivity index (χ0) is 14.7. The molecule has 1 aromatic rings. The Labute approximate surface area is 123 Å². The fraction of sp³-hybridized carbons (Fsp3) is 0.562. The Hall–Kier alpha value is -1.46. The van der Waals surface area contributed by atoms with Crippen LogP contribution in [0.25, 0.3) is 0 Å². The van der Waals surface area contributed by atoms with E-state index >= 15 is 0 Å². The van der Waals surface area contributed by atoms with Gasteiger partial charge >= 0.3 is 0 Å². The summed E-state index contributed by atoms with van der Waals surface area (Å²) in [6, 6.07) is 6.18. The number of benzene rings is 1. The van der Waals surface area contributed by atoms with Crippen LogP contribution in [0.3, 0.4) is 0 Å².